The van der Waals surface area contributed by atoms with E-state index >= 15 is 0 Å². The molecule has 0 bridgehead atoms. The third-order valence-corrected chi connectivity index (χ3v) is 3.37. The zero-order chi connectivity index (χ0) is 10.7. The predicted octanol–water partition coefficient (Wildman–Crippen LogP) is 2.37. The van der Waals surface area contributed by atoms with E-state index in [1.165, 1.54) is 24.8 Å². The average molecular weight is 205 g/mol. The van der Waals surface area contributed by atoms with Crippen molar-refractivity contribution in [1.82, 2.24) is 0 Å². The Balaban J connectivity index is 1.98. The van der Waals surface area contributed by atoms with Crippen LogP contribution in [-0.2, 0) is 6.42 Å². The van der Waals surface area contributed by atoms with Gasteiger partial charge in [-0.25, -0.2) is 0 Å². The summed E-state index contributed by atoms with van der Waals surface area (Å²) in [6, 6.07) is 8.74. The van der Waals surface area contributed by atoms with Gasteiger partial charge in [0, 0.05) is 6.04 Å². The highest BCUT2D eigenvalue weighted by atomic mass is 16.5. The van der Waals surface area contributed by atoms with Gasteiger partial charge >= 0.3 is 0 Å². The number of hydrogen-bond acceptors (Lipinski definition) is 2. The van der Waals surface area contributed by atoms with Crippen molar-refractivity contribution in [1.29, 1.82) is 0 Å². The molecule has 0 aromatic heterocycles. The van der Waals surface area contributed by atoms with Crippen LogP contribution in [0.3, 0.4) is 0 Å². The Morgan fingerprint density at radius 1 is 1.27 bits per heavy atom. The molecule has 2 atom stereocenters. The molecule has 0 heterocycles. The third kappa shape index (κ3) is 2.51. The maximum absolute atomic E-state index is 6.06. The van der Waals surface area contributed by atoms with Crippen molar-refractivity contribution in [3.63, 3.8) is 0 Å². The first-order valence-corrected chi connectivity index (χ1v) is 5.68. The van der Waals surface area contributed by atoms with Crippen molar-refractivity contribution in [3.05, 3.63) is 29.8 Å². The quantitative estimate of drug-likeness (QED) is 0.822. The second-order valence-corrected chi connectivity index (χ2v) is 4.41. The third-order valence-electron chi connectivity index (χ3n) is 3.37. The monoisotopic (exact) mass is 205 g/mol. The summed E-state index contributed by atoms with van der Waals surface area (Å²) in [7, 11) is 1.70. The number of methoxy groups -OCH3 is 1. The van der Waals surface area contributed by atoms with Crippen molar-refractivity contribution < 1.29 is 4.74 Å². The van der Waals surface area contributed by atoms with E-state index in [0.717, 1.165) is 12.2 Å². The fraction of sp³-hybridized carbons (Fsp3) is 0.538. The highest BCUT2D eigenvalue weighted by Crippen LogP contribution is 2.27. The molecule has 2 N–H and O–H groups in total. The lowest BCUT2D eigenvalue weighted by molar-refractivity contribution is 0.414. The van der Waals surface area contributed by atoms with Crippen LogP contribution < -0.4 is 10.5 Å². The largest absolute Gasteiger partial charge is 0.497 e. The average Bonchev–Trinajstić information content (AvgIpc) is 2.66. The standard InChI is InChI=1S/C13H19NO/c1-15-12-7-5-10(6-8-12)9-11-3-2-4-13(11)14/h5-8,11,13H,2-4,9,14H2,1H3. The Kier molecular flexibility index (Phi) is 3.27. The molecule has 15 heavy (non-hydrogen) atoms. The summed E-state index contributed by atoms with van der Waals surface area (Å²) < 4.78 is 5.14. The molecule has 1 aromatic rings. The van der Waals surface area contributed by atoms with E-state index in [1.54, 1.807) is 7.11 Å². The van der Waals surface area contributed by atoms with Crippen LogP contribution >= 0.6 is 0 Å². The Labute approximate surface area is 91.4 Å². The fourth-order valence-corrected chi connectivity index (χ4v) is 2.38. The smallest absolute Gasteiger partial charge is 0.118 e. The second-order valence-electron chi connectivity index (χ2n) is 4.41. The van der Waals surface area contributed by atoms with Gasteiger partial charge < -0.3 is 10.5 Å². The zero-order valence-electron chi connectivity index (χ0n) is 9.28. The van der Waals surface area contributed by atoms with Gasteiger partial charge in [-0.2, -0.15) is 0 Å². The minimum Gasteiger partial charge on any atom is -0.497 e. The summed E-state index contributed by atoms with van der Waals surface area (Å²) in [6.45, 7) is 0. The molecule has 2 rings (SSSR count). The van der Waals surface area contributed by atoms with Crippen molar-refractivity contribution in [3.8, 4) is 5.75 Å². The molecule has 1 aromatic carbocycles. The molecule has 1 saturated carbocycles. The highest BCUT2D eigenvalue weighted by Gasteiger charge is 2.23. The maximum Gasteiger partial charge on any atom is 0.118 e. The summed E-state index contributed by atoms with van der Waals surface area (Å²) in [5.74, 6) is 1.60. The lowest BCUT2D eigenvalue weighted by atomic mass is 9.95. The number of benzene rings is 1. The van der Waals surface area contributed by atoms with Crippen LogP contribution in [0.15, 0.2) is 24.3 Å². The predicted molar refractivity (Wildman–Crippen MR) is 62.0 cm³/mol. The zero-order valence-corrected chi connectivity index (χ0v) is 9.28. The number of ether oxygens (including phenoxy) is 1. The minimum absolute atomic E-state index is 0.409. The fourth-order valence-electron chi connectivity index (χ4n) is 2.38. The van der Waals surface area contributed by atoms with E-state index in [2.05, 4.69) is 12.1 Å². The molecular weight excluding hydrogens is 186 g/mol. The lowest BCUT2D eigenvalue weighted by Crippen LogP contribution is -2.25. The van der Waals surface area contributed by atoms with Crippen LogP contribution in [0.4, 0.5) is 0 Å². The summed E-state index contributed by atoms with van der Waals surface area (Å²) >= 11 is 0. The number of nitrogens with two attached hydrogens (primary N) is 1. The van der Waals surface area contributed by atoms with Crippen molar-refractivity contribution in [2.75, 3.05) is 7.11 Å². The normalized spacial score (nSPS) is 25.5. The summed E-state index contributed by atoms with van der Waals surface area (Å²) in [5.41, 5.74) is 7.43. The van der Waals surface area contributed by atoms with Gasteiger partial charge in [-0.05, 0) is 42.9 Å². The molecule has 2 unspecified atom stereocenters. The van der Waals surface area contributed by atoms with E-state index in [0.29, 0.717) is 12.0 Å². The van der Waals surface area contributed by atoms with Crippen molar-refractivity contribution in [2.45, 2.75) is 31.7 Å². The SMILES string of the molecule is COc1ccc(CC2CCCC2N)cc1. The second kappa shape index (κ2) is 4.67. The van der Waals surface area contributed by atoms with Gasteiger partial charge in [0.1, 0.15) is 5.75 Å². The highest BCUT2D eigenvalue weighted by molar-refractivity contribution is 5.27. The van der Waals surface area contributed by atoms with Gasteiger partial charge in [0.15, 0.2) is 0 Å². The van der Waals surface area contributed by atoms with Crippen molar-refractivity contribution in [2.24, 2.45) is 11.7 Å². The first kappa shape index (κ1) is 10.5. The molecule has 2 heteroatoms. The van der Waals surface area contributed by atoms with Crippen LogP contribution in [0.2, 0.25) is 0 Å². The molecule has 0 radical (unpaired) electrons. The Bertz CT molecular complexity index is 307. The molecule has 0 amide bonds. The van der Waals surface area contributed by atoms with Crippen LogP contribution in [0.1, 0.15) is 24.8 Å². The van der Waals surface area contributed by atoms with E-state index < -0.39 is 0 Å². The molecule has 2 nitrogen and oxygen atoms in total. The number of rotatable bonds is 3. The molecule has 0 aliphatic heterocycles. The number of hydrogen-bond donors (Lipinski definition) is 1. The van der Waals surface area contributed by atoms with Gasteiger partial charge in [0.05, 0.1) is 7.11 Å². The molecule has 82 valence electrons. The van der Waals surface area contributed by atoms with E-state index in [1.807, 2.05) is 12.1 Å². The summed E-state index contributed by atoms with van der Waals surface area (Å²) in [4.78, 5) is 0. The van der Waals surface area contributed by atoms with Gasteiger partial charge in [-0.15, -0.1) is 0 Å². The van der Waals surface area contributed by atoms with Crippen LogP contribution in [0.5, 0.6) is 5.75 Å². The summed E-state index contributed by atoms with van der Waals surface area (Å²) in [6.07, 6.45) is 4.89. The molecule has 1 aliphatic rings. The minimum atomic E-state index is 0.409. The Hall–Kier alpha value is -1.02. The van der Waals surface area contributed by atoms with Gasteiger partial charge in [-0.1, -0.05) is 18.6 Å². The maximum atomic E-state index is 6.06. The van der Waals surface area contributed by atoms with Gasteiger partial charge in [-0.3, -0.25) is 0 Å². The van der Waals surface area contributed by atoms with Crippen LogP contribution in [0.25, 0.3) is 0 Å². The molecule has 0 spiro atoms. The summed E-state index contributed by atoms with van der Waals surface area (Å²) in [5, 5.41) is 0. The van der Waals surface area contributed by atoms with Crippen molar-refractivity contribution >= 4 is 0 Å². The van der Waals surface area contributed by atoms with Crippen LogP contribution in [0, 0.1) is 5.92 Å². The molecule has 0 saturated heterocycles. The van der Waals surface area contributed by atoms with E-state index in [9.17, 15) is 0 Å². The first-order valence-electron chi connectivity index (χ1n) is 5.68. The van der Waals surface area contributed by atoms with Crippen LogP contribution in [-0.4, -0.2) is 13.2 Å². The van der Waals surface area contributed by atoms with Gasteiger partial charge in [0.25, 0.3) is 0 Å². The lowest BCUT2D eigenvalue weighted by Gasteiger charge is -2.15. The first-order chi connectivity index (χ1) is 7.29. The Morgan fingerprint density at radius 3 is 2.53 bits per heavy atom. The molecular formula is C13H19NO. The van der Waals surface area contributed by atoms with Gasteiger partial charge in [0.2, 0.25) is 0 Å². The molecule has 1 aliphatic carbocycles. The molecule has 1 fully saturated rings. The van der Waals surface area contributed by atoms with E-state index in [4.69, 9.17) is 10.5 Å². The van der Waals surface area contributed by atoms with E-state index in [-0.39, 0.29) is 0 Å². The topological polar surface area (TPSA) is 35.2 Å². The Morgan fingerprint density at radius 2 is 2.00 bits per heavy atom.